The molecule has 2 aromatic carbocycles. The molecule has 8 nitrogen and oxygen atoms in total. The van der Waals surface area contributed by atoms with Crippen molar-refractivity contribution in [2.45, 2.75) is 24.6 Å². The minimum atomic E-state index is -4.31. The van der Waals surface area contributed by atoms with Gasteiger partial charge in [0.2, 0.25) is 5.91 Å². The van der Waals surface area contributed by atoms with Crippen molar-refractivity contribution in [2.75, 3.05) is 37.4 Å². The van der Waals surface area contributed by atoms with Crippen LogP contribution in [0.3, 0.4) is 0 Å². The van der Waals surface area contributed by atoms with Crippen LogP contribution >= 0.6 is 11.6 Å². The van der Waals surface area contributed by atoms with Crippen molar-refractivity contribution in [1.82, 2.24) is 19.3 Å². The van der Waals surface area contributed by atoms with Crippen molar-refractivity contribution < 1.29 is 35.2 Å². The molecule has 42 heavy (non-hydrogen) atoms. The van der Waals surface area contributed by atoms with Crippen molar-refractivity contribution in [1.29, 1.82) is 0 Å². The highest BCUT2D eigenvalue weighted by Crippen LogP contribution is 2.34. The zero-order valence-corrected chi connectivity index (χ0v) is 23.5. The summed E-state index contributed by atoms with van der Waals surface area (Å²) in [7, 11) is -4.31. The number of aromatic nitrogens is 1. The van der Waals surface area contributed by atoms with Gasteiger partial charge in [0.25, 0.3) is 10.2 Å². The number of halogens is 6. The number of carbonyl (C=O) groups excluding carboxylic acids is 1. The monoisotopic (exact) mass is 631 g/mol. The molecular formula is C27H27ClF5N5O3S. The Morgan fingerprint density at radius 3 is 2.40 bits per heavy atom. The first-order valence-corrected chi connectivity index (χ1v) is 14.8. The number of amides is 1. The molecule has 2 heterocycles. The van der Waals surface area contributed by atoms with E-state index in [1.54, 1.807) is 0 Å². The molecule has 226 valence electrons. The normalized spacial score (nSPS) is 17.5. The number of rotatable bonds is 11. The molecule has 0 saturated carbocycles. The third kappa shape index (κ3) is 7.81. The third-order valence-electron chi connectivity index (χ3n) is 6.65. The fraction of sp³-hybridized carbons (Fsp3) is 0.333. The van der Waals surface area contributed by atoms with Gasteiger partial charge < -0.3 is 10.6 Å². The first-order chi connectivity index (χ1) is 20.0. The predicted octanol–water partition coefficient (Wildman–Crippen LogP) is 4.16. The summed E-state index contributed by atoms with van der Waals surface area (Å²) >= 11 is 5.43. The largest absolute Gasteiger partial charge is 0.324 e. The molecular weight excluding hydrogens is 605 g/mol. The molecule has 0 radical (unpaired) electrons. The Labute approximate surface area is 244 Å². The number of piperazine rings is 1. The van der Waals surface area contributed by atoms with Gasteiger partial charge >= 0.3 is 0 Å². The Balaban J connectivity index is 1.63. The maximum Gasteiger partial charge on any atom is 0.280 e. The van der Waals surface area contributed by atoms with E-state index in [4.69, 9.17) is 11.6 Å². The van der Waals surface area contributed by atoms with Crippen LogP contribution in [0, 0.1) is 23.3 Å². The van der Waals surface area contributed by atoms with Crippen molar-refractivity contribution in [3.8, 4) is 0 Å². The Bertz CT molecular complexity index is 1500. The van der Waals surface area contributed by atoms with Crippen molar-refractivity contribution in [2.24, 2.45) is 0 Å². The SMILES string of the molecule is O=C(C[C@@H](c1ccc(F)cc1)c1cc(F)cc(F)c1)Nc1cncc(F)c1[C@H]1CNCCN1S(=O)(=O)NC[C@H](F)CCl. The van der Waals surface area contributed by atoms with E-state index in [1.165, 1.54) is 12.1 Å². The van der Waals surface area contributed by atoms with Gasteiger partial charge in [-0.1, -0.05) is 12.1 Å². The molecule has 3 N–H and O–H groups in total. The van der Waals surface area contributed by atoms with Crippen LogP contribution in [0.4, 0.5) is 27.6 Å². The second-order valence-corrected chi connectivity index (χ2v) is 11.6. The zero-order valence-electron chi connectivity index (χ0n) is 22.0. The summed E-state index contributed by atoms with van der Waals surface area (Å²) in [6.45, 7) is -0.495. The quantitative estimate of drug-likeness (QED) is 0.218. The van der Waals surface area contributed by atoms with Gasteiger partial charge in [0.05, 0.1) is 30.0 Å². The van der Waals surface area contributed by atoms with E-state index < -0.39 is 76.4 Å². The summed E-state index contributed by atoms with van der Waals surface area (Å²) in [6, 6.07) is 6.65. The molecule has 0 spiro atoms. The van der Waals surface area contributed by atoms with Gasteiger partial charge in [0.15, 0.2) is 0 Å². The van der Waals surface area contributed by atoms with E-state index >= 15 is 4.39 Å². The van der Waals surface area contributed by atoms with Crippen molar-refractivity contribution in [3.05, 3.63) is 94.8 Å². The summed E-state index contributed by atoms with van der Waals surface area (Å²) in [5.41, 5.74) is 0.161. The summed E-state index contributed by atoms with van der Waals surface area (Å²) < 4.78 is 99.8. The van der Waals surface area contributed by atoms with E-state index in [0.29, 0.717) is 11.6 Å². The summed E-state index contributed by atoms with van der Waals surface area (Å²) in [5.74, 6) is -5.28. The molecule has 0 aliphatic carbocycles. The van der Waals surface area contributed by atoms with E-state index in [0.717, 1.165) is 41.0 Å². The Kier molecular flexibility index (Phi) is 10.5. The lowest BCUT2D eigenvalue weighted by atomic mass is 9.88. The van der Waals surface area contributed by atoms with Gasteiger partial charge in [0, 0.05) is 50.1 Å². The predicted molar refractivity (Wildman–Crippen MR) is 147 cm³/mol. The number of benzene rings is 2. The smallest absolute Gasteiger partial charge is 0.280 e. The highest BCUT2D eigenvalue weighted by atomic mass is 35.5. The molecule has 1 fully saturated rings. The Morgan fingerprint density at radius 2 is 1.74 bits per heavy atom. The van der Waals surface area contributed by atoms with Crippen LogP contribution in [-0.2, 0) is 15.0 Å². The maximum atomic E-state index is 15.3. The van der Waals surface area contributed by atoms with Gasteiger partial charge in [-0.25, -0.2) is 22.0 Å². The number of carbonyl (C=O) groups is 1. The number of nitrogens with one attached hydrogen (secondary N) is 3. The maximum absolute atomic E-state index is 15.3. The van der Waals surface area contributed by atoms with Gasteiger partial charge in [-0.15, -0.1) is 11.6 Å². The summed E-state index contributed by atoms with van der Waals surface area (Å²) in [6.07, 6.45) is -0.0355. The van der Waals surface area contributed by atoms with E-state index in [9.17, 15) is 30.8 Å². The van der Waals surface area contributed by atoms with E-state index in [1.807, 2.05) is 0 Å². The van der Waals surface area contributed by atoms with Crippen LogP contribution < -0.4 is 15.4 Å². The second kappa shape index (κ2) is 13.9. The fourth-order valence-corrected chi connectivity index (χ4v) is 6.24. The molecule has 1 saturated heterocycles. The molecule has 1 aliphatic heterocycles. The molecule has 3 aromatic rings. The first-order valence-electron chi connectivity index (χ1n) is 12.8. The standard InChI is InChI=1S/C27H27ClF5N5O3S/c28-11-21(32)12-36-42(40,41)38-6-5-34-15-25(38)27-23(33)13-35-14-24(27)37-26(39)10-22(16-1-3-18(29)4-2-16)17-7-19(30)9-20(31)8-17/h1-4,7-9,13-14,21-22,25,34,36H,5-6,10-12,15H2,(H,37,39)/t21-,22+,25-/m1/s1. The highest BCUT2D eigenvalue weighted by molar-refractivity contribution is 7.87. The van der Waals surface area contributed by atoms with Gasteiger partial charge in [-0.05, 0) is 35.4 Å². The molecule has 3 atom stereocenters. The molecule has 4 rings (SSSR count). The Hall–Kier alpha value is -3.17. The number of hydrogen-bond acceptors (Lipinski definition) is 5. The second-order valence-electron chi connectivity index (χ2n) is 9.58. The lowest BCUT2D eigenvalue weighted by Crippen LogP contribution is -2.53. The van der Waals surface area contributed by atoms with Crippen molar-refractivity contribution >= 4 is 33.4 Å². The molecule has 1 aromatic heterocycles. The number of anilines is 1. The fourth-order valence-electron chi connectivity index (χ4n) is 4.72. The van der Waals surface area contributed by atoms with Gasteiger partial charge in [0.1, 0.15) is 29.4 Å². The van der Waals surface area contributed by atoms with E-state index in [-0.39, 0.29) is 36.4 Å². The topological polar surface area (TPSA) is 103 Å². The molecule has 1 amide bonds. The zero-order chi connectivity index (χ0) is 30.4. The number of alkyl halides is 2. The third-order valence-corrected chi connectivity index (χ3v) is 8.57. The number of hydrogen-bond donors (Lipinski definition) is 3. The van der Waals surface area contributed by atoms with E-state index in [2.05, 4.69) is 20.3 Å². The number of nitrogens with zero attached hydrogens (tertiary/aromatic N) is 2. The molecule has 15 heteroatoms. The minimum absolute atomic E-state index is 0.0416. The average Bonchev–Trinajstić information content (AvgIpc) is 2.95. The van der Waals surface area contributed by atoms with Crippen LogP contribution in [0.15, 0.2) is 54.9 Å². The van der Waals surface area contributed by atoms with Crippen LogP contribution in [0.1, 0.15) is 35.1 Å². The summed E-state index contributed by atoms with van der Waals surface area (Å²) in [5, 5.41) is 5.52. The highest BCUT2D eigenvalue weighted by Gasteiger charge is 2.37. The molecule has 1 aliphatic rings. The Morgan fingerprint density at radius 1 is 1.05 bits per heavy atom. The molecule has 0 unspecified atom stereocenters. The van der Waals surface area contributed by atoms with Gasteiger partial charge in [-0.2, -0.15) is 17.4 Å². The minimum Gasteiger partial charge on any atom is -0.324 e. The van der Waals surface area contributed by atoms with Crippen LogP contribution in [0.25, 0.3) is 0 Å². The summed E-state index contributed by atoms with van der Waals surface area (Å²) in [4.78, 5) is 17.1. The number of pyridine rings is 1. The van der Waals surface area contributed by atoms with Crippen molar-refractivity contribution in [3.63, 3.8) is 0 Å². The molecule has 0 bridgehead atoms. The van der Waals surface area contributed by atoms with Gasteiger partial charge in [-0.3, -0.25) is 9.78 Å². The van der Waals surface area contributed by atoms with Crippen LogP contribution in [-0.4, -0.2) is 61.8 Å². The van der Waals surface area contributed by atoms with Crippen LogP contribution in [0.5, 0.6) is 0 Å². The first kappa shape index (κ1) is 31.8. The lowest BCUT2D eigenvalue weighted by molar-refractivity contribution is -0.116. The lowest BCUT2D eigenvalue weighted by Gasteiger charge is -2.36. The van der Waals surface area contributed by atoms with Crippen LogP contribution in [0.2, 0.25) is 0 Å². The average molecular weight is 632 g/mol.